The van der Waals surface area contributed by atoms with E-state index in [1.807, 2.05) is 0 Å². The Hall–Kier alpha value is -0.570. The van der Waals surface area contributed by atoms with Gasteiger partial charge in [0, 0.05) is 6.54 Å². The van der Waals surface area contributed by atoms with Crippen molar-refractivity contribution in [2.24, 2.45) is 17.3 Å². The number of rotatable bonds is 6. The van der Waals surface area contributed by atoms with Gasteiger partial charge in [0.25, 0.3) is 0 Å². The van der Waals surface area contributed by atoms with E-state index in [4.69, 9.17) is 0 Å². The quantitative estimate of drug-likeness (QED) is 0.801. The van der Waals surface area contributed by atoms with Crippen LogP contribution in [0.15, 0.2) is 0 Å². The number of amides is 1. The summed E-state index contributed by atoms with van der Waals surface area (Å²) in [4.78, 5) is 14.8. The molecule has 3 heteroatoms. The lowest BCUT2D eigenvalue weighted by Gasteiger charge is -2.30. The number of hydrogen-bond acceptors (Lipinski definition) is 2. The molecule has 2 fully saturated rings. The molecule has 1 saturated heterocycles. The van der Waals surface area contributed by atoms with Crippen LogP contribution in [0.3, 0.4) is 0 Å². The van der Waals surface area contributed by atoms with Gasteiger partial charge in [-0.15, -0.1) is 0 Å². The normalized spacial score (nSPS) is 29.6. The van der Waals surface area contributed by atoms with Gasteiger partial charge in [-0.1, -0.05) is 34.6 Å². The van der Waals surface area contributed by atoms with E-state index in [0.717, 1.165) is 13.0 Å². The van der Waals surface area contributed by atoms with Crippen molar-refractivity contribution < 1.29 is 4.79 Å². The van der Waals surface area contributed by atoms with Crippen LogP contribution >= 0.6 is 0 Å². The van der Waals surface area contributed by atoms with Crippen LogP contribution in [0.25, 0.3) is 0 Å². The number of hydrogen-bond donors (Lipinski definition) is 1. The summed E-state index contributed by atoms with van der Waals surface area (Å²) in [5.41, 5.74) is 0.442. The van der Waals surface area contributed by atoms with Crippen LogP contribution < -0.4 is 5.32 Å². The van der Waals surface area contributed by atoms with Gasteiger partial charge in [0.15, 0.2) is 0 Å². The van der Waals surface area contributed by atoms with Gasteiger partial charge in [0.1, 0.15) is 0 Å². The Labute approximate surface area is 118 Å². The molecule has 1 N–H and O–H groups in total. The van der Waals surface area contributed by atoms with Crippen molar-refractivity contribution in [3.8, 4) is 0 Å². The lowest BCUT2D eigenvalue weighted by Crippen LogP contribution is -2.44. The van der Waals surface area contributed by atoms with Gasteiger partial charge in [-0.2, -0.15) is 0 Å². The van der Waals surface area contributed by atoms with Crippen molar-refractivity contribution in [3.05, 3.63) is 0 Å². The number of nitrogens with zero attached hydrogens (tertiary/aromatic N) is 1. The number of carbonyl (C=O) groups is 1. The van der Waals surface area contributed by atoms with Crippen molar-refractivity contribution in [2.75, 3.05) is 6.54 Å². The molecule has 2 aliphatic rings. The summed E-state index contributed by atoms with van der Waals surface area (Å²) < 4.78 is 0. The molecule has 19 heavy (non-hydrogen) atoms. The fourth-order valence-electron chi connectivity index (χ4n) is 3.24. The minimum absolute atomic E-state index is 0.0417. The minimum Gasteiger partial charge on any atom is -0.325 e. The molecular weight excluding hydrogens is 236 g/mol. The largest absolute Gasteiger partial charge is 0.325 e. The van der Waals surface area contributed by atoms with E-state index in [-0.39, 0.29) is 12.2 Å². The zero-order valence-electron chi connectivity index (χ0n) is 13.2. The molecule has 1 heterocycles. The third-order valence-electron chi connectivity index (χ3n) is 4.84. The minimum atomic E-state index is 0.0417. The Bertz CT molecular complexity index is 334. The maximum atomic E-state index is 12.6. The molecule has 2 atom stereocenters. The van der Waals surface area contributed by atoms with Crippen LogP contribution in [0.5, 0.6) is 0 Å². The number of carbonyl (C=O) groups excluding carboxylic acids is 1. The molecule has 1 saturated carbocycles. The van der Waals surface area contributed by atoms with Crippen LogP contribution in [0.2, 0.25) is 0 Å². The average Bonchev–Trinajstić information content (AvgIpc) is 3.04. The fourth-order valence-corrected chi connectivity index (χ4v) is 3.24. The second kappa shape index (κ2) is 5.43. The highest BCUT2D eigenvalue weighted by Crippen LogP contribution is 2.49. The molecule has 0 aromatic heterocycles. The first-order valence-electron chi connectivity index (χ1n) is 7.95. The van der Waals surface area contributed by atoms with Gasteiger partial charge in [-0.05, 0) is 42.9 Å². The van der Waals surface area contributed by atoms with Crippen molar-refractivity contribution in [1.82, 2.24) is 10.2 Å². The Balaban J connectivity index is 2.07. The van der Waals surface area contributed by atoms with E-state index >= 15 is 0 Å². The molecular formula is C16H30N2O. The molecule has 110 valence electrons. The van der Waals surface area contributed by atoms with Gasteiger partial charge in [-0.3, -0.25) is 10.1 Å². The topological polar surface area (TPSA) is 32.3 Å². The summed E-state index contributed by atoms with van der Waals surface area (Å²) in [7, 11) is 0. The Morgan fingerprint density at radius 2 is 1.95 bits per heavy atom. The summed E-state index contributed by atoms with van der Waals surface area (Å²) >= 11 is 0. The van der Waals surface area contributed by atoms with E-state index in [1.165, 1.54) is 19.3 Å². The predicted octanol–water partition coefficient (Wildman–Crippen LogP) is 3.01. The summed E-state index contributed by atoms with van der Waals surface area (Å²) in [6.45, 7) is 12.0. The summed E-state index contributed by atoms with van der Waals surface area (Å²) in [5.74, 6) is 1.39. The van der Waals surface area contributed by atoms with E-state index < -0.39 is 0 Å². The van der Waals surface area contributed by atoms with Gasteiger partial charge >= 0.3 is 0 Å². The highest BCUT2D eigenvalue weighted by Gasteiger charge is 2.48. The molecule has 0 spiro atoms. The zero-order valence-corrected chi connectivity index (χ0v) is 13.2. The van der Waals surface area contributed by atoms with Crippen LogP contribution in [0.4, 0.5) is 0 Å². The van der Waals surface area contributed by atoms with Crippen molar-refractivity contribution >= 4 is 5.91 Å². The van der Waals surface area contributed by atoms with E-state index in [1.54, 1.807) is 0 Å². The lowest BCUT2D eigenvalue weighted by atomic mass is 10.0. The molecule has 0 aromatic rings. The molecule has 1 aliphatic carbocycles. The van der Waals surface area contributed by atoms with E-state index in [2.05, 4.69) is 44.8 Å². The average molecular weight is 266 g/mol. The molecule has 3 nitrogen and oxygen atoms in total. The molecule has 2 rings (SSSR count). The van der Waals surface area contributed by atoms with E-state index in [0.29, 0.717) is 23.2 Å². The van der Waals surface area contributed by atoms with Crippen LogP contribution in [-0.4, -0.2) is 29.6 Å². The first-order valence-corrected chi connectivity index (χ1v) is 7.95. The van der Waals surface area contributed by atoms with Gasteiger partial charge in [-0.25, -0.2) is 0 Å². The Kier molecular flexibility index (Phi) is 4.24. The Morgan fingerprint density at radius 3 is 2.37 bits per heavy atom. The van der Waals surface area contributed by atoms with Gasteiger partial charge in [0.2, 0.25) is 5.91 Å². The molecule has 0 aromatic carbocycles. The summed E-state index contributed by atoms with van der Waals surface area (Å²) in [5, 5.41) is 3.57. The molecule has 0 radical (unpaired) electrons. The van der Waals surface area contributed by atoms with Gasteiger partial charge < -0.3 is 4.90 Å². The smallest absolute Gasteiger partial charge is 0.241 e. The molecule has 1 amide bonds. The van der Waals surface area contributed by atoms with Crippen LogP contribution in [0, 0.1) is 17.3 Å². The lowest BCUT2D eigenvalue weighted by molar-refractivity contribution is -0.131. The molecule has 2 unspecified atom stereocenters. The maximum absolute atomic E-state index is 12.6. The van der Waals surface area contributed by atoms with Crippen LogP contribution in [-0.2, 0) is 4.79 Å². The monoisotopic (exact) mass is 266 g/mol. The number of nitrogens with one attached hydrogen (secondary N) is 1. The maximum Gasteiger partial charge on any atom is 0.241 e. The Morgan fingerprint density at radius 1 is 1.32 bits per heavy atom. The highest BCUT2D eigenvalue weighted by atomic mass is 16.2. The molecule has 0 bridgehead atoms. The van der Waals surface area contributed by atoms with Crippen molar-refractivity contribution in [1.29, 1.82) is 0 Å². The fraction of sp³-hybridized carbons (Fsp3) is 0.938. The standard InChI is InChI=1S/C16H30N2O/c1-6-16(7-8-16)10-18-14(12(4)5)17-13(15(18)19)9-11(2)3/h11-14,17H,6-10H2,1-5H3. The van der Waals surface area contributed by atoms with Crippen molar-refractivity contribution in [2.45, 2.75) is 72.5 Å². The third kappa shape index (κ3) is 3.13. The van der Waals surface area contributed by atoms with E-state index in [9.17, 15) is 4.79 Å². The second-order valence-electron chi connectivity index (χ2n) is 7.36. The SMILES string of the molecule is CCC1(CN2C(=O)C(CC(C)C)NC2C(C)C)CC1. The highest BCUT2D eigenvalue weighted by molar-refractivity contribution is 5.84. The first-order chi connectivity index (χ1) is 8.88. The summed E-state index contributed by atoms with van der Waals surface area (Å²) in [6, 6.07) is 0.0417. The van der Waals surface area contributed by atoms with Gasteiger partial charge in [0.05, 0.1) is 12.2 Å². The van der Waals surface area contributed by atoms with Crippen molar-refractivity contribution in [3.63, 3.8) is 0 Å². The molecule has 1 aliphatic heterocycles. The zero-order chi connectivity index (χ0) is 14.2. The summed E-state index contributed by atoms with van der Waals surface area (Å²) in [6.07, 6.45) is 4.99. The predicted molar refractivity (Wildman–Crippen MR) is 78.7 cm³/mol. The third-order valence-corrected chi connectivity index (χ3v) is 4.84. The first kappa shape index (κ1) is 14.8. The second-order valence-corrected chi connectivity index (χ2v) is 7.36. The van der Waals surface area contributed by atoms with Crippen LogP contribution in [0.1, 0.15) is 60.3 Å².